The zero-order valence-corrected chi connectivity index (χ0v) is 14.7. The second-order valence-corrected chi connectivity index (χ2v) is 5.01. The topological polar surface area (TPSA) is 77.2 Å². The standard InChI is InChI=1S/C16H18FN3O2.2ClH/c1-11(18)2-8-15(21)20-13-5-9-16(19-10-13)22-14-6-3-12(17)4-7-14;;/h3-7,9-11H,2,8,18H2,1H3,(H,20,21);2*1H. The van der Waals surface area contributed by atoms with Gasteiger partial charge < -0.3 is 15.8 Å². The minimum Gasteiger partial charge on any atom is -0.439 e. The van der Waals surface area contributed by atoms with Crippen LogP contribution in [0.2, 0.25) is 0 Å². The van der Waals surface area contributed by atoms with Crippen molar-refractivity contribution >= 4 is 36.4 Å². The molecule has 3 N–H and O–H groups in total. The fourth-order valence-electron chi connectivity index (χ4n) is 1.72. The fourth-order valence-corrected chi connectivity index (χ4v) is 1.72. The maximum absolute atomic E-state index is 12.8. The summed E-state index contributed by atoms with van der Waals surface area (Å²) < 4.78 is 18.3. The van der Waals surface area contributed by atoms with Crippen LogP contribution in [0.4, 0.5) is 10.1 Å². The number of carbonyl (C=O) groups excluding carboxylic acids is 1. The van der Waals surface area contributed by atoms with Gasteiger partial charge in [0.05, 0.1) is 11.9 Å². The molecule has 0 aliphatic rings. The van der Waals surface area contributed by atoms with Gasteiger partial charge >= 0.3 is 0 Å². The number of rotatable bonds is 6. The first kappa shape index (κ1) is 22.1. The van der Waals surface area contributed by atoms with Gasteiger partial charge in [0.1, 0.15) is 11.6 Å². The number of pyridine rings is 1. The SMILES string of the molecule is CC(N)CCC(=O)Nc1ccc(Oc2ccc(F)cc2)nc1.Cl.Cl. The first-order valence-electron chi connectivity index (χ1n) is 6.98. The Bertz CT molecular complexity index is 622. The number of nitrogens with two attached hydrogens (primary N) is 1. The third-order valence-corrected chi connectivity index (χ3v) is 2.88. The Balaban J connectivity index is 0.00000264. The minimum atomic E-state index is -0.329. The van der Waals surface area contributed by atoms with Crippen LogP contribution in [0.25, 0.3) is 0 Å². The van der Waals surface area contributed by atoms with Gasteiger partial charge in [-0.1, -0.05) is 0 Å². The summed E-state index contributed by atoms with van der Waals surface area (Å²) in [6, 6.07) is 8.96. The number of ether oxygens (including phenoxy) is 1. The van der Waals surface area contributed by atoms with E-state index in [9.17, 15) is 9.18 Å². The molecule has 24 heavy (non-hydrogen) atoms. The summed E-state index contributed by atoms with van der Waals surface area (Å²) >= 11 is 0. The maximum atomic E-state index is 12.8. The number of anilines is 1. The summed E-state index contributed by atoms with van der Waals surface area (Å²) in [5, 5.41) is 2.73. The number of halogens is 3. The van der Waals surface area contributed by atoms with Gasteiger partial charge in [-0.2, -0.15) is 0 Å². The molecule has 8 heteroatoms. The average Bonchev–Trinajstić information content (AvgIpc) is 2.49. The van der Waals surface area contributed by atoms with Crippen molar-refractivity contribution in [2.24, 2.45) is 5.73 Å². The smallest absolute Gasteiger partial charge is 0.224 e. The number of nitrogens with zero attached hydrogens (tertiary/aromatic N) is 1. The molecule has 0 bridgehead atoms. The fraction of sp³-hybridized carbons (Fsp3) is 0.250. The van der Waals surface area contributed by atoms with Gasteiger partial charge in [-0.05, 0) is 43.7 Å². The summed E-state index contributed by atoms with van der Waals surface area (Å²) in [4.78, 5) is 15.8. The van der Waals surface area contributed by atoms with Crippen molar-refractivity contribution in [2.75, 3.05) is 5.32 Å². The Labute approximate surface area is 152 Å². The van der Waals surface area contributed by atoms with Crippen LogP contribution in [0.1, 0.15) is 19.8 Å². The Hall–Kier alpha value is -1.89. The lowest BCUT2D eigenvalue weighted by Gasteiger charge is -2.08. The summed E-state index contributed by atoms with van der Waals surface area (Å²) in [5.41, 5.74) is 6.19. The zero-order valence-electron chi connectivity index (χ0n) is 13.1. The Kier molecular flexibility index (Phi) is 9.95. The summed E-state index contributed by atoms with van der Waals surface area (Å²) in [7, 11) is 0. The van der Waals surface area contributed by atoms with Crippen LogP contribution in [0, 0.1) is 5.82 Å². The molecule has 1 aromatic carbocycles. The van der Waals surface area contributed by atoms with Gasteiger partial charge in [0.2, 0.25) is 11.8 Å². The van der Waals surface area contributed by atoms with Crippen LogP contribution in [-0.4, -0.2) is 16.9 Å². The zero-order chi connectivity index (χ0) is 15.9. The van der Waals surface area contributed by atoms with Crippen molar-refractivity contribution in [3.05, 3.63) is 48.4 Å². The number of hydrogen-bond acceptors (Lipinski definition) is 4. The highest BCUT2D eigenvalue weighted by Crippen LogP contribution is 2.20. The first-order chi connectivity index (χ1) is 10.5. The quantitative estimate of drug-likeness (QED) is 0.801. The van der Waals surface area contributed by atoms with Crippen LogP contribution in [0.15, 0.2) is 42.6 Å². The van der Waals surface area contributed by atoms with Crippen molar-refractivity contribution in [3.8, 4) is 11.6 Å². The average molecular weight is 376 g/mol. The third kappa shape index (κ3) is 7.59. The van der Waals surface area contributed by atoms with Crippen molar-refractivity contribution in [3.63, 3.8) is 0 Å². The second kappa shape index (κ2) is 10.8. The van der Waals surface area contributed by atoms with Crippen LogP contribution in [0.3, 0.4) is 0 Å². The largest absolute Gasteiger partial charge is 0.439 e. The summed E-state index contributed by atoms with van der Waals surface area (Å²) in [6.07, 6.45) is 2.50. The number of amides is 1. The predicted octanol–water partition coefficient (Wildman–Crippen LogP) is 3.92. The van der Waals surface area contributed by atoms with E-state index in [4.69, 9.17) is 10.5 Å². The van der Waals surface area contributed by atoms with E-state index in [2.05, 4.69) is 10.3 Å². The highest BCUT2D eigenvalue weighted by Gasteiger charge is 2.05. The molecule has 2 aromatic rings. The van der Waals surface area contributed by atoms with Gasteiger partial charge in [0.25, 0.3) is 0 Å². The van der Waals surface area contributed by atoms with Gasteiger partial charge in [-0.15, -0.1) is 24.8 Å². The molecular formula is C16H20Cl2FN3O2. The molecule has 0 radical (unpaired) electrons. The summed E-state index contributed by atoms with van der Waals surface area (Å²) in [6.45, 7) is 1.86. The van der Waals surface area contributed by atoms with Crippen molar-refractivity contribution < 1.29 is 13.9 Å². The van der Waals surface area contributed by atoms with Crippen molar-refractivity contribution in [1.82, 2.24) is 4.98 Å². The van der Waals surface area contributed by atoms with Crippen molar-refractivity contribution in [1.29, 1.82) is 0 Å². The second-order valence-electron chi connectivity index (χ2n) is 5.01. The predicted molar refractivity (Wildman–Crippen MR) is 96.7 cm³/mol. The molecule has 1 amide bonds. The highest BCUT2D eigenvalue weighted by atomic mass is 35.5. The Morgan fingerprint density at radius 3 is 2.46 bits per heavy atom. The van der Waals surface area contributed by atoms with E-state index in [1.54, 1.807) is 12.1 Å². The number of aromatic nitrogens is 1. The highest BCUT2D eigenvalue weighted by molar-refractivity contribution is 5.90. The molecule has 0 fully saturated rings. The van der Waals surface area contributed by atoms with Crippen LogP contribution in [-0.2, 0) is 4.79 Å². The van der Waals surface area contributed by atoms with Crippen LogP contribution >= 0.6 is 24.8 Å². The summed E-state index contributed by atoms with van der Waals surface area (Å²) in [5.74, 6) is 0.416. The van der Waals surface area contributed by atoms with Gasteiger partial charge in [0, 0.05) is 18.5 Å². The Morgan fingerprint density at radius 2 is 1.92 bits per heavy atom. The number of carbonyl (C=O) groups is 1. The lowest BCUT2D eigenvalue weighted by Crippen LogP contribution is -2.19. The van der Waals surface area contributed by atoms with E-state index in [0.717, 1.165) is 0 Å². The molecule has 0 spiro atoms. The molecule has 2 rings (SSSR count). The number of nitrogens with one attached hydrogen (secondary N) is 1. The molecule has 5 nitrogen and oxygen atoms in total. The molecule has 0 aliphatic carbocycles. The molecule has 1 unspecified atom stereocenters. The van der Waals surface area contributed by atoms with E-state index >= 15 is 0 Å². The van der Waals surface area contributed by atoms with E-state index in [0.29, 0.717) is 30.2 Å². The van der Waals surface area contributed by atoms with E-state index < -0.39 is 0 Å². The lowest BCUT2D eigenvalue weighted by atomic mass is 10.2. The van der Waals surface area contributed by atoms with Gasteiger partial charge in [-0.25, -0.2) is 9.37 Å². The molecule has 132 valence electrons. The first-order valence-corrected chi connectivity index (χ1v) is 6.98. The molecule has 0 aliphatic heterocycles. The normalized spacial score (nSPS) is 10.8. The lowest BCUT2D eigenvalue weighted by molar-refractivity contribution is -0.116. The van der Waals surface area contributed by atoms with E-state index in [1.807, 2.05) is 6.92 Å². The van der Waals surface area contributed by atoms with Crippen LogP contribution < -0.4 is 15.8 Å². The molecule has 1 atom stereocenters. The molecular weight excluding hydrogens is 356 g/mol. The van der Waals surface area contributed by atoms with E-state index in [-0.39, 0.29) is 42.6 Å². The molecule has 1 heterocycles. The van der Waals surface area contributed by atoms with E-state index in [1.165, 1.54) is 30.5 Å². The maximum Gasteiger partial charge on any atom is 0.224 e. The number of benzene rings is 1. The van der Waals surface area contributed by atoms with Crippen LogP contribution in [0.5, 0.6) is 11.6 Å². The Morgan fingerprint density at radius 1 is 1.25 bits per heavy atom. The third-order valence-electron chi connectivity index (χ3n) is 2.88. The monoisotopic (exact) mass is 375 g/mol. The molecule has 0 saturated heterocycles. The molecule has 1 aromatic heterocycles. The molecule has 0 saturated carbocycles. The number of hydrogen-bond donors (Lipinski definition) is 2. The van der Waals surface area contributed by atoms with Crippen molar-refractivity contribution in [2.45, 2.75) is 25.8 Å². The van der Waals surface area contributed by atoms with Gasteiger partial charge in [0.15, 0.2) is 0 Å². The van der Waals surface area contributed by atoms with Gasteiger partial charge in [-0.3, -0.25) is 4.79 Å². The minimum absolute atomic E-state index is 0.